The van der Waals surface area contributed by atoms with E-state index in [4.69, 9.17) is 4.74 Å². The molecule has 3 saturated heterocycles. The molecule has 3 N–H and O–H groups in total. The Bertz CT molecular complexity index is 1470. The zero-order valence-electron chi connectivity index (χ0n) is 24.0. The molecule has 0 radical (unpaired) electrons. The number of carbonyl (C=O) groups is 3. The van der Waals surface area contributed by atoms with Crippen molar-refractivity contribution in [1.82, 2.24) is 25.0 Å². The van der Waals surface area contributed by atoms with Gasteiger partial charge in [0.15, 0.2) is 0 Å². The van der Waals surface area contributed by atoms with Crippen LogP contribution in [0.5, 0.6) is 0 Å². The summed E-state index contributed by atoms with van der Waals surface area (Å²) in [6.07, 6.45) is 8.09. The van der Waals surface area contributed by atoms with Crippen molar-refractivity contribution in [2.75, 3.05) is 20.1 Å². The van der Waals surface area contributed by atoms with Crippen molar-refractivity contribution in [3.8, 4) is 0 Å². The molecule has 0 unspecified atom stereocenters. The van der Waals surface area contributed by atoms with Gasteiger partial charge in [-0.25, -0.2) is 0 Å². The molecule has 0 saturated carbocycles. The molecule has 5 aliphatic rings. The number of aromatic amines is 1. The quantitative estimate of drug-likeness (QED) is 0.498. The molecular weight excluding hydrogens is 522 g/mol. The van der Waals surface area contributed by atoms with Crippen LogP contribution in [-0.4, -0.2) is 92.4 Å². The summed E-state index contributed by atoms with van der Waals surface area (Å²) in [7, 11) is 2.04. The van der Waals surface area contributed by atoms with Crippen LogP contribution >= 0.6 is 0 Å². The van der Waals surface area contributed by atoms with Gasteiger partial charge in [-0.15, -0.1) is 0 Å². The van der Waals surface area contributed by atoms with Gasteiger partial charge in [-0.05, 0) is 55.5 Å². The van der Waals surface area contributed by atoms with Crippen LogP contribution in [0.25, 0.3) is 16.5 Å². The van der Waals surface area contributed by atoms with E-state index in [-0.39, 0.29) is 24.3 Å². The van der Waals surface area contributed by atoms with Crippen molar-refractivity contribution in [2.24, 2.45) is 5.92 Å². The first-order chi connectivity index (χ1) is 19.7. The molecule has 7 rings (SSSR count). The topological polar surface area (TPSA) is 118 Å². The number of fused-ring (bicyclic) bond motifs is 5. The van der Waals surface area contributed by atoms with Gasteiger partial charge in [0.2, 0.25) is 17.5 Å². The molecule has 1 aromatic heterocycles. The number of amides is 3. The van der Waals surface area contributed by atoms with Crippen LogP contribution in [0.2, 0.25) is 0 Å². The number of likely N-dealkylation sites (N-methyl/N-ethyl adjacent to an activating group) is 1. The van der Waals surface area contributed by atoms with Gasteiger partial charge in [-0.1, -0.05) is 44.9 Å². The summed E-state index contributed by atoms with van der Waals surface area (Å²) in [6.45, 7) is 4.89. The molecule has 10 nitrogen and oxygen atoms in total. The predicted molar refractivity (Wildman–Crippen MR) is 152 cm³/mol. The lowest BCUT2D eigenvalue weighted by atomic mass is 9.79. The molecule has 3 fully saturated rings. The monoisotopic (exact) mass is 561 g/mol. The lowest BCUT2D eigenvalue weighted by Gasteiger charge is -2.48. The van der Waals surface area contributed by atoms with Gasteiger partial charge < -0.3 is 20.3 Å². The number of hydrogen-bond donors (Lipinski definition) is 3. The van der Waals surface area contributed by atoms with E-state index in [2.05, 4.69) is 33.5 Å². The van der Waals surface area contributed by atoms with E-state index in [1.807, 2.05) is 33.0 Å². The molecular formula is C31H39N5O5. The minimum absolute atomic E-state index is 0.144. The van der Waals surface area contributed by atoms with Crippen molar-refractivity contribution in [1.29, 1.82) is 0 Å². The Morgan fingerprint density at radius 1 is 1.24 bits per heavy atom. The summed E-state index contributed by atoms with van der Waals surface area (Å²) in [5.41, 5.74) is 2.87. The van der Waals surface area contributed by atoms with Gasteiger partial charge in [-0.3, -0.25) is 28.9 Å². The summed E-state index contributed by atoms with van der Waals surface area (Å²) >= 11 is 0. The van der Waals surface area contributed by atoms with Gasteiger partial charge in [-0.2, -0.15) is 0 Å². The molecule has 218 valence electrons. The standard InChI is InChI=1S/C31H39N5O5/c1-4-8-23-28(38)35-13-7-11-25(35)31(40)36(23)29(39)30(41-31,12-5-2)33-27(37)19-14-21-20-9-6-10-22-26(20)18(16-32-22)15-24(21)34(3)17-19/h6,9-10,14,16,19,23-25,32,40H,4-5,7-8,11-13,15,17H2,1-3H3,(H,33,37)/t19-,23+,24-,25+,30-,31+/m1/s1. The third-order valence-corrected chi connectivity index (χ3v) is 9.89. The smallest absolute Gasteiger partial charge is 0.281 e. The second-order valence-corrected chi connectivity index (χ2v) is 12.4. The Balaban J connectivity index is 1.23. The van der Waals surface area contributed by atoms with Crippen LogP contribution in [-0.2, 0) is 25.5 Å². The first kappa shape index (κ1) is 26.7. The Hall–Kier alpha value is -3.21. The van der Waals surface area contributed by atoms with E-state index >= 15 is 0 Å². The molecule has 1 aromatic carbocycles. The zero-order chi connectivity index (χ0) is 28.7. The Labute approximate surface area is 239 Å². The number of rotatable bonds is 6. The summed E-state index contributed by atoms with van der Waals surface area (Å²) in [4.78, 5) is 50.3. The van der Waals surface area contributed by atoms with Crippen molar-refractivity contribution in [2.45, 2.75) is 88.6 Å². The van der Waals surface area contributed by atoms with Crippen LogP contribution < -0.4 is 5.32 Å². The van der Waals surface area contributed by atoms with E-state index in [1.54, 1.807) is 4.90 Å². The Morgan fingerprint density at radius 2 is 2.07 bits per heavy atom. The molecule has 6 atom stereocenters. The minimum Gasteiger partial charge on any atom is -0.361 e. The number of nitrogens with zero attached hydrogens (tertiary/aromatic N) is 3. The van der Waals surface area contributed by atoms with E-state index in [9.17, 15) is 19.5 Å². The van der Waals surface area contributed by atoms with E-state index in [0.29, 0.717) is 38.8 Å². The minimum atomic E-state index is -1.97. The molecule has 10 heteroatoms. The molecule has 41 heavy (non-hydrogen) atoms. The molecule has 0 bridgehead atoms. The van der Waals surface area contributed by atoms with Gasteiger partial charge in [0.1, 0.15) is 12.1 Å². The molecule has 2 aromatic rings. The van der Waals surface area contributed by atoms with Crippen molar-refractivity contribution < 1.29 is 24.2 Å². The van der Waals surface area contributed by atoms with Gasteiger partial charge in [0.25, 0.3) is 11.8 Å². The maximum Gasteiger partial charge on any atom is 0.281 e. The second kappa shape index (κ2) is 9.40. The highest BCUT2D eigenvalue weighted by molar-refractivity contribution is 6.01. The van der Waals surface area contributed by atoms with Crippen molar-refractivity contribution in [3.05, 3.63) is 41.6 Å². The lowest BCUT2D eigenvalue weighted by Crippen LogP contribution is -2.71. The van der Waals surface area contributed by atoms with Gasteiger partial charge in [0.05, 0.1) is 5.92 Å². The number of aliphatic hydroxyl groups is 1. The highest BCUT2D eigenvalue weighted by atomic mass is 16.7. The third-order valence-electron chi connectivity index (χ3n) is 9.89. The number of benzene rings is 1. The second-order valence-electron chi connectivity index (χ2n) is 12.4. The first-order valence-corrected chi connectivity index (χ1v) is 15.1. The number of hydrogen-bond acceptors (Lipinski definition) is 6. The fourth-order valence-corrected chi connectivity index (χ4v) is 8.09. The molecule has 5 heterocycles. The zero-order valence-corrected chi connectivity index (χ0v) is 24.0. The maximum absolute atomic E-state index is 14.2. The predicted octanol–water partition coefficient (Wildman–Crippen LogP) is 2.33. The number of aromatic nitrogens is 1. The summed E-state index contributed by atoms with van der Waals surface area (Å²) in [5, 5.41) is 16.2. The van der Waals surface area contributed by atoms with Gasteiger partial charge in [0, 0.05) is 42.7 Å². The van der Waals surface area contributed by atoms with E-state index < -0.39 is 35.5 Å². The highest BCUT2D eigenvalue weighted by Crippen LogP contribution is 2.47. The SMILES string of the molecule is CCC[C@H]1C(=O)N2CCC[C@H]2[C@]2(O)O[C@@](CCC)(NC(=O)[C@@H]3C=C4c5cccc6[nH]cc(c56)C[C@H]4N(C)C3)C(=O)N12. The average Bonchev–Trinajstić information content (AvgIpc) is 3.66. The van der Waals surface area contributed by atoms with E-state index in [1.165, 1.54) is 15.8 Å². The summed E-state index contributed by atoms with van der Waals surface area (Å²) in [5.74, 6) is -3.48. The third kappa shape index (κ3) is 3.69. The first-order valence-electron chi connectivity index (χ1n) is 15.1. The van der Waals surface area contributed by atoms with Crippen molar-refractivity contribution >= 4 is 34.2 Å². The highest BCUT2D eigenvalue weighted by Gasteiger charge is 2.70. The summed E-state index contributed by atoms with van der Waals surface area (Å²) < 4.78 is 6.38. The van der Waals surface area contributed by atoms with Crippen LogP contribution in [0, 0.1) is 5.92 Å². The number of piperazine rings is 1. The largest absolute Gasteiger partial charge is 0.361 e. The Morgan fingerprint density at radius 3 is 2.85 bits per heavy atom. The number of carbonyl (C=O) groups excluding carboxylic acids is 3. The van der Waals surface area contributed by atoms with Gasteiger partial charge >= 0.3 is 0 Å². The molecule has 1 aliphatic carbocycles. The number of ether oxygens (including phenoxy) is 1. The number of H-pyrrole nitrogens is 1. The van der Waals surface area contributed by atoms with Crippen LogP contribution in [0.4, 0.5) is 0 Å². The van der Waals surface area contributed by atoms with Crippen LogP contribution in [0.1, 0.15) is 63.5 Å². The van der Waals surface area contributed by atoms with Crippen molar-refractivity contribution in [3.63, 3.8) is 0 Å². The fourth-order valence-electron chi connectivity index (χ4n) is 8.09. The maximum atomic E-state index is 14.2. The Kier molecular flexibility index (Phi) is 6.12. The fraction of sp³-hybridized carbons (Fsp3) is 0.581. The van der Waals surface area contributed by atoms with Crippen LogP contribution in [0.15, 0.2) is 30.5 Å². The molecule has 4 aliphatic heterocycles. The van der Waals surface area contributed by atoms with Crippen LogP contribution in [0.3, 0.4) is 0 Å². The summed E-state index contributed by atoms with van der Waals surface area (Å²) in [6, 6.07) is 4.90. The average molecular weight is 562 g/mol. The normalized spacial score (nSPS) is 34.5. The van der Waals surface area contributed by atoms with E-state index in [0.717, 1.165) is 29.5 Å². The lowest BCUT2D eigenvalue weighted by molar-refractivity contribution is -0.318. The molecule has 3 amide bonds. The molecule has 0 spiro atoms. The number of nitrogens with one attached hydrogen (secondary N) is 2.